The molecule has 1 N–H and O–H groups in total. The van der Waals surface area contributed by atoms with Gasteiger partial charge in [0.2, 0.25) is 0 Å². The highest BCUT2D eigenvalue weighted by Gasteiger charge is 2.07. The van der Waals surface area contributed by atoms with Gasteiger partial charge in [-0.3, -0.25) is 4.79 Å². The Labute approximate surface area is 57.4 Å². The van der Waals surface area contributed by atoms with Crippen molar-refractivity contribution < 1.29 is 4.57 Å². The average Bonchev–Trinajstić information content (AvgIpc) is 1.88. The van der Waals surface area contributed by atoms with E-state index in [1.54, 1.807) is 19.3 Å². The monoisotopic (exact) mass is 136 g/mol. The van der Waals surface area contributed by atoms with Crippen LogP contribution in [-0.2, 0) is 7.05 Å². The standard InChI is InChI=1S/C6H5N3O/c1-9-3-2-8-6(10)5(9)4-7/h2-3H,1H3/p+1. The van der Waals surface area contributed by atoms with Crippen LogP contribution < -0.4 is 10.1 Å². The maximum atomic E-state index is 10.8. The SMILES string of the molecule is C[n+]1cc[nH]c(=O)c1C#N. The number of H-pyrrole nitrogens is 1. The van der Waals surface area contributed by atoms with Crippen molar-refractivity contribution in [2.75, 3.05) is 0 Å². The van der Waals surface area contributed by atoms with E-state index in [1.165, 1.54) is 10.8 Å². The van der Waals surface area contributed by atoms with Gasteiger partial charge in [0.25, 0.3) is 0 Å². The number of aromatic nitrogens is 2. The van der Waals surface area contributed by atoms with Gasteiger partial charge in [0.1, 0.15) is 7.05 Å². The quantitative estimate of drug-likeness (QED) is 0.468. The lowest BCUT2D eigenvalue weighted by molar-refractivity contribution is -0.675. The van der Waals surface area contributed by atoms with E-state index in [4.69, 9.17) is 5.26 Å². The first kappa shape index (κ1) is 6.49. The van der Waals surface area contributed by atoms with Crippen molar-refractivity contribution in [2.24, 2.45) is 7.05 Å². The second-order valence-corrected chi connectivity index (χ2v) is 1.86. The molecule has 0 atom stereocenters. The minimum atomic E-state index is -0.354. The van der Waals surface area contributed by atoms with Gasteiger partial charge in [-0.25, -0.2) is 0 Å². The Morgan fingerprint density at radius 2 is 2.50 bits per heavy atom. The molecule has 0 aliphatic carbocycles. The normalized spacial score (nSPS) is 8.80. The predicted molar refractivity (Wildman–Crippen MR) is 33.0 cm³/mol. The van der Waals surface area contributed by atoms with E-state index in [0.29, 0.717) is 0 Å². The van der Waals surface area contributed by atoms with E-state index in [2.05, 4.69) is 4.98 Å². The topological polar surface area (TPSA) is 60.5 Å². The van der Waals surface area contributed by atoms with Crippen molar-refractivity contribution in [3.05, 3.63) is 28.4 Å². The summed E-state index contributed by atoms with van der Waals surface area (Å²) in [4.78, 5) is 13.2. The molecule has 0 fully saturated rings. The van der Waals surface area contributed by atoms with Gasteiger partial charge in [-0.05, 0) is 0 Å². The Hall–Kier alpha value is -1.63. The second kappa shape index (κ2) is 2.31. The molecule has 0 unspecified atom stereocenters. The summed E-state index contributed by atoms with van der Waals surface area (Å²) >= 11 is 0. The fourth-order valence-corrected chi connectivity index (χ4v) is 0.657. The van der Waals surface area contributed by atoms with Crippen molar-refractivity contribution in [3.63, 3.8) is 0 Å². The molecule has 0 aliphatic heterocycles. The lowest BCUT2D eigenvalue weighted by atomic mass is 10.5. The maximum absolute atomic E-state index is 10.8. The Kier molecular flexibility index (Phi) is 1.50. The molecule has 0 spiro atoms. The molecule has 0 aliphatic rings. The molecule has 4 nitrogen and oxygen atoms in total. The molecular formula is C6H6N3O+. The van der Waals surface area contributed by atoms with Crippen molar-refractivity contribution in [3.8, 4) is 6.07 Å². The molecule has 0 saturated heterocycles. The van der Waals surface area contributed by atoms with Crippen molar-refractivity contribution in [1.82, 2.24) is 4.98 Å². The first-order valence-corrected chi connectivity index (χ1v) is 2.73. The molecule has 4 heteroatoms. The maximum Gasteiger partial charge on any atom is 0.348 e. The van der Waals surface area contributed by atoms with Gasteiger partial charge in [-0.15, -0.1) is 0 Å². The molecule has 10 heavy (non-hydrogen) atoms. The summed E-state index contributed by atoms with van der Waals surface area (Å²) in [6.45, 7) is 0. The largest absolute Gasteiger partial charge is 0.348 e. The summed E-state index contributed by atoms with van der Waals surface area (Å²) < 4.78 is 1.47. The third-order valence-electron chi connectivity index (χ3n) is 1.19. The van der Waals surface area contributed by atoms with Gasteiger partial charge in [0.05, 0.1) is 6.20 Å². The number of aromatic amines is 1. The fourth-order valence-electron chi connectivity index (χ4n) is 0.657. The Bertz CT molecular complexity index is 334. The first-order chi connectivity index (χ1) is 4.75. The van der Waals surface area contributed by atoms with E-state index in [-0.39, 0.29) is 11.3 Å². The van der Waals surface area contributed by atoms with Crippen molar-refractivity contribution in [2.45, 2.75) is 0 Å². The minimum absolute atomic E-state index is 0.113. The van der Waals surface area contributed by atoms with Gasteiger partial charge in [-0.2, -0.15) is 9.83 Å². The van der Waals surface area contributed by atoms with Gasteiger partial charge >= 0.3 is 11.3 Å². The van der Waals surface area contributed by atoms with Crippen molar-refractivity contribution >= 4 is 0 Å². The molecule has 0 bridgehead atoms. The van der Waals surface area contributed by atoms with Crippen LogP contribution in [0.2, 0.25) is 0 Å². The van der Waals surface area contributed by atoms with Gasteiger partial charge in [0.15, 0.2) is 12.3 Å². The average molecular weight is 136 g/mol. The van der Waals surface area contributed by atoms with Crippen LogP contribution in [0.5, 0.6) is 0 Å². The van der Waals surface area contributed by atoms with Gasteiger partial charge in [-0.1, -0.05) is 0 Å². The highest BCUT2D eigenvalue weighted by Crippen LogP contribution is 1.71. The molecule has 0 radical (unpaired) electrons. The predicted octanol–water partition coefficient (Wildman–Crippen LogP) is -0.929. The van der Waals surface area contributed by atoms with E-state index in [1.807, 2.05) is 0 Å². The molecule has 1 rings (SSSR count). The third kappa shape index (κ3) is 0.890. The number of hydrogen-bond donors (Lipinski definition) is 1. The summed E-state index contributed by atoms with van der Waals surface area (Å²) in [5.41, 5.74) is -0.241. The summed E-state index contributed by atoms with van der Waals surface area (Å²) in [7, 11) is 1.65. The Morgan fingerprint density at radius 3 is 2.90 bits per heavy atom. The number of nitrogens with zero attached hydrogens (tertiary/aromatic N) is 2. The van der Waals surface area contributed by atoms with Gasteiger partial charge in [0, 0.05) is 0 Å². The van der Waals surface area contributed by atoms with E-state index >= 15 is 0 Å². The van der Waals surface area contributed by atoms with Crippen LogP contribution >= 0.6 is 0 Å². The van der Waals surface area contributed by atoms with E-state index in [9.17, 15) is 4.79 Å². The Balaban J connectivity index is 3.50. The molecule has 1 aromatic rings. The zero-order valence-corrected chi connectivity index (χ0v) is 5.46. The number of rotatable bonds is 0. The molecular weight excluding hydrogens is 130 g/mol. The summed E-state index contributed by atoms with van der Waals surface area (Å²) in [6, 6.07) is 1.78. The summed E-state index contributed by atoms with van der Waals surface area (Å²) in [5.74, 6) is 0. The zero-order chi connectivity index (χ0) is 7.56. The molecule has 50 valence electrons. The van der Waals surface area contributed by atoms with Crippen LogP contribution in [0.25, 0.3) is 0 Å². The number of aryl methyl sites for hydroxylation is 1. The first-order valence-electron chi connectivity index (χ1n) is 2.73. The van der Waals surface area contributed by atoms with Crippen LogP contribution in [0.1, 0.15) is 5.69 Å². The molecule has 0 aromatic carbocycles. The van der Waals surface area contributed by atoms with Crippen LogP contribution in [0.3, 0.4) is 0 Å². The van der Waals surface area contributed by atoms with Crippen LogP contribution in [0.15, 0.2) is 17.2 Å². The third-order valence-corrected chi connectivity index (χ3v) is 1.19. The number of nitriles is 1. The molecule has 1 heterocycles. The van der Waals surface area contributed by atoms with E-state index in [0.717, 1.165) is 0 Å². The minimum Gasteiger partial charge on any atom is -0.317 e. The van der Waals surface area contributed by atoms with Crippen molar-refractivity contribution in [1.29, 1.82) is 5.26 Å². The second-order valence-electron chi connectivity index (χ2n) is 1.86. The van der Waals surface area contributed by atoms with Gasteiger partial charge < -0.3 is 4.98 Å². The Morgan fingerprint density at radius 1 is 1.80 bits per heavy atom. The molecule has 0 saturated carbocycles. The fraction of sp³-hybridized carbons (Fsp3) is 0.167. The van der Waals surface area contributed by atoms with Crippen LogP contribution in [0.4, 0.5) is 0 Å². The number of hydrogen-bond acceptors (Lipinski definition) is 2. The molecule has 1 aromatic heterocycles. The zero-order valence-electron chi connectivity index (χ0n) is 5.46. The van der Waals surface area contributed by atoms with Crippen LogP contribution in [-0.4, -0.2) is 4.98 Å². The summed E-state index contributed by atoms with van der Waals surface area (Å²) in [5, 5.41) is 8.41. The smallest absolute Gasteiger partial charge is 0.317 e. The van der Waals surface area contributed by atoms with E-state index < -0.39 is 0 Å². The lowest BCUT2D eigenvalue weighted by Crippen LogP contribution is -2.38. The van der Waals surface area contributed by atoms with Crippen LogP contribution in [0, 0.1) is 11.3 Å². The lowest BCUT2D eigenvalue weighted by Gasteiger charge is -1.84. The number of nitrogens with one attached hydrogen (secondary N) is 1. The molecule has 0 amide bonds. The highest BCUT2D eigenvalue weighted by molar-refractivity contribution is 5.08. The highest BCUT2D eigenvalue weighted by atomic mass is 16.1. The summed E-state index contributed by atoms with van der Waals surface area (Å²) in [6.07, 6.45) is 3.10.